The molecule has 2 heteroatoms. The third-order valence-corrected chi connectivity index (χ3v) is 3.86. The average Bonchev–Trinajstić information content (AvgIpc) is 2.45. The molecule has 0 aromatic heterocycles. The largest absolute Gasteiger partial charge is 0.368 e. The minimum atomic E-state index is -0.527. The highest BCUT2D eigenvalue weighted by Crippen LogP contribution is 2.10. The minimum absolute atomic E-state index is 0.527. The van der Waals surface area contributed by atoms with Gasteiger partial charge in [0.05, 0.1) is 0 Å². The number of unbranched alkanes of at least 4 members (excludes halogenated alkanes) is 11. The molecule has 20 heavy (non-hydrogen) atoms. The average molecular weight is 286 g/mol. The van der Waals surface area contributed by atoms with E-state index in [1.165, 1.54) is 70.6 Å². The van der Waals surface area contributed by atoms with Gasteiger partial charge >= 0.3 is 0 Å². The Hall–Kier alpha value is -0.0800. The van der Waals surface area contributed by atoms with Crippen molar-refractivity contribution in [3.63, 3.8) is 0 Å². The lowest BCUT2D eigenvalue weighted by molar-refractivity contribution is -0.105. The van der Waals surface area contributed by atoms with Crippen molar-refractivity contribution < 1.29 is 9.84 Å². The van der Waals surface area contributed by atoms with Gasteiger partial charge in [-0.1, -0.05) is 84.5 Å². The van der Waals surface area contributed by atoms with Crippen LogP contribution in [0.15, 0.2) is 0 Å². The fraction of sp³-hybridized carbons (Fsp3) is 1.00. The van der Waals surface area contributed by atoms with Gasteiger partial charge in [0, 0.05) is 6.61 Å². The highest BCUT2D eigenvalue weighted by Gasteiger charge is 2.03. The first-order valence-corrected chi connectivity index (χ1v) is 9.11. The Morgan fingerprint density at radius 3 is 1.65 bits per heavy atom. The van der Waals surface area contributed by atoms with Crippen molar-refractivity contribution in [3.05, 3.63) is 0 Å². The lowest BCUT2D eigenvalue weighted by atomic mass is 10.1. The fourth-order valence-electron chi connectivity index (χ4n) is 2.46. The molecule has 0 amide bonds. The summed E-state index contributed by atoms with van der Waals surface area (Å²) in [5.74, 6) is 0. The smallest absolute Gasteiger partial charge is 0.154 e. The summed E-state index contributed by atoms with van der Waals surface area (Å²) in [5.41, 5.74) is 0. The predicted octanol–water partition coefficient (Wildman–Crippen LogP) is 5.82. The molecule has 0 aromatic carbocycles. The Morgan fingerprint density at radius 2 is 1.10 bits per heavy atom. The van der Waals surface area contributed by atoms with Gasteiger partial charge in [-0.15, -0.1) is 0 Å². The summed E-state index contributed by atoms with van der Waals surface area (Å²) >= 11 is 0. The van der Waals surface area contributed by atoms with Crippen LogP contribution in [0.1, 0.15) is 104 Å². The van der Waals surface area contributed by atoms with Crippen LogP contribution >= 0.6 is 0 Å². The maximum atomic E-state index is 9.70. The molecular formula is C18H38O2. The van der Waals surface area contributed by atoms with Crippen molar-refractivity contribution in [2.24, 2.45) is 0 Å². The van der Waals surface area contributed by atoms with Crippen LogP contribution in [0.3, 0.4) is 0 Å². The van der Waals surface area contributed by atoms with E-state index in [1.54, 1.807) is 0 Å². The lowest BCUT2D eigenvalue weighted by Crippen LogP contribution is -2.12. The van der Waals surface area contributed by atoms with E-state index >= 15 is 0 Å². The van der Waals surface area contributed by atoms with E-state index in [-0.39, 0.29) is 0 Å². The van der Waals surface area contributed by atoms with E-state index in [4.69, 9.17) is 4.74 Å². The highest BCUT2D eigenvalue weighted by molar-refractivity contribution is 4.49. The molecule has 0 aliphatic heterocycles. The minimum Gasteiger partial charge on any atom is -0.368 e. The Labute approximate surface area is 127 Å². The van der Waals surface area contributed by atoms with Crippen LogP contribution in [0, 0.1) is 0 Å². The normalized spacial score (nSPS) is 12.8. The van der Waals surface area contributed by atoms with Gasteiger partial charge in [0.15, 0.2) is 6.29 Å². The van der Waals surface area contributed by atoms with Crippen molar-refractivity contribution in [1.82, 2.24) is 0 Å². The topological polar surface area (TPSA) is 29.5 Å². The molecule has 0 aliphatic carbocycles. The van der Waals surface area contributed by atoms with E-state index in [2.05, 4.69) is 13.8 Å². The Balaban J connectivity index is 3.10. The zero-order chi connectivity index (χ0) is 14.9. The number of rotatable bonds is 16. The fourth-order valence-corrected chi connectivity index (χ4v) is 2.46. The number of aliphatic hydroxyl groups is 1. The monoisotopic (exact) mass is 286 g/mol. The summed E-state index contributed by atoms with van der Waals surface area (Å²) in [7, 11) is 0. The van der Waals surface area contributed by atoms with Gasteiger partial charge in [-0.2, -0.15) is 0 Å². The summed E-state index contributed by atoms with van der Waals surface area (Å²) in [6.07, 6.45) is 17.0. The van der Waals surface area contributed by atoms with Gasteiger partial charge in [-0.05, 0) is 19.3 Å². The van der Waals surface area contributed by atoms with Crippen LogP contribution < -0.4 is 0 Å². The molecule has 0 saturated heterocycles. The first-order valence-electron chi connectivity index (χ1n) is 9.11. The van der Waals surface area contributed by atoms with Gasteiger partial charge in [0.1, 0.15) is 0 Å². The molecular weight excluding hydrogens is 248 g/mol. The number of ether oxygens (including phenoxy) is 1. The Morgan fingerprint density at radius 1 is 0.650 bits per heavy atom. The first-order chi connectivity index (χ1) is 9.81. The molecule has 0 bridgehead atoms. The lowest BCUT2D eigenvalue weighted by Gasteiger charge is -2.11. The zero-order valence-electron chi connectivity index (χ0n) is 14.0. The van der Waals surface area contributed by atoms with Gasteiger partial charge < -0.3 is 9.84 Å². The van der Waals surface area contributed by atoms with Crippen LogP contribution in [-0.4, -0.2) is 18.0 Å². The van der Waals surface area contributed by atoms with Gasteiger partial charge in [0.25, 0.3) is 0 Å². The number of aliphatic hydroxyl groups excluding tert-OH is 1. The zero-order valence-corrected chi connectivity index (χ0v) is 14.0. The molecule has 122 valence electrons. The molecule has 0 aliphatic rings. The molecule has 0 saturated carbocycles. The van der Waals surface area contributed by atoms with Crippen molar-refractivity contribution in [3.8, 4) is 0 Å². The summed E-state index contributed by atoms with van der Waals surface area (Å²) < 4.78 is 5.45. The third kappa shape index (κ3) is 16.0. The van der Waals surface area contributed by atoms with Gasteiger partial charge in [0.2, 0.25) is 0 Å². The quantitative estimate of drug-likeness (QED) is 0.286. The Kier molecular flexibility index (Phi) is 16.9. The second-order valence-electron chi connectivity index (χ2n) is 6.00. The van der Waals surface area contributed by atoms with Crippen molar-refractivity contribution >= 4 is 0 Å². The van der Waals surface area contributed by atoms with Crippen LogP contribution in [0.25, 0.3) is 0 Å². The maximum Gasteiger partial charge on any atom is 0.154 e. The summed E-state index contributed by atoms with van der Waals surface area (Å²) in [6.45, 7) is 5.21. The molecule has 2 nitrogen and oxygen atoms in total. The molecule has 0 rings (SSSR count). The number of hydrogen-bond donors (Lipinski definition) is 1. The van der Waals surface area contributed by atoms with Crippen molar-refractivity contribution in [2.75, 3.05) is 6.61 Å². The summed E-state index contributed by atoms with van der Waals surface area (Å²) in [6, 6.07) is 0. The molecule has 0 aromatic rings. The van der Waals surface area contributed by atoms with Crippen LogP contribution in [0.4, 0.5) is 0 Å². The van der Waals surface area contributed by atoms with E-state index in [9.17, 15) is 5.11 Å². The maximum absolute atomic E-state index is 9.70. The second kappa shape index (κ2) is 17.0. The third-order valence-electron chi connectivity index (χ3n) is 3.86. The molecule has 0 spiro atoms. The molecule has 0 heterocycles. The van der Waals surface area contributed by atoms with E-state index in [0.29, 0.717) is 0 Å². The van der Waals surface area contributed by atoms with Crippen molar-refractivity contribution in [2.45, 2.75) is 110 Å². The van der Waals surface area contributed by atoms with Crippen LogP contribution in [0.5, 0.6) is 0 Å². The molecule has 1 unspecified atom stereocenters. The SMILES string of the molecule is CCCCCCCCCOC(O)CCCCCCCC. The second-order valence-corrected chi connectivity index (χ2v) is 6.00. The van der Waals surface area contributed by atoms with Gasteiger partial charge in [-0.25, -0.2) is 0 Å². The summed E-state index contributed by atoms with van der Waals surface area (Å²) in [5, 5.41) is 9.70. The molecule has 0 fully saturated rings. The molecule has 1 N–H and O–H groups in total. The standard InChI is InChI=1S/C18H38O2/c1-3-5-7-9-11-13-15-17-20-18(19)16-14-12-10-8-6-4-2/h18-19H,3-17H2,1-2H3. The van der Waals surface area contributed by atoms with E-state index in [1.807, 2.05) is 0 Å². The van der Waals surface area contributed by atoms with Crippen LogP contribution in [-0.2, 0) is 4.74 Å². The highest BCUT2D eigenvalue weighted by atomic mass is 16.6. The van der Waals surface area contributed by atoms with Crippen LogP contribution in [0.2, 0.25) is 0 Å². The predicted molar refractivity (Wildman–Crippen MR) is 87.9 cm³/mol. The van der Waals surface area contributed by atoms with E-state index in [0.717, 1.165) is 25.9 Å². The Bertz CT molecular complexity index is 171. The number of hydrogen-bond acceptors (Lipinski definition) is 2. The van der Waals surface area contributed by atoms with Crippen molar-refractivity contribution in [1.29, 1.82) is 0 Å². The molecule has 1 atom stereocenters. The first kappa shape index (κ1) is 19.9. The van der Waals surface area contributed by atoms with E-state index < -0.39 is 6.29 Å². The molecule has 0 radical (unpaired) electrons. The summed E-state index contributed by atoms with van der Waals surface area (Å²) in [4.78, 5) is 0. The van der Waals surface area contributed by atoms with Gasteiger partial charge in [-0.3, -0.25) is 0 Å².